The monoisotopic (exact) mass is 424 g/mol. The van der Waals surface area contributed by atoms with Crippen LogP contribution >= 0.6 is 34.5 Å². The Bertz CT molecular complexity index is 890. The van der Waals surface area contributed by atoms with Crippen molar-refractivity contribution in [3.05, 3.63) is 46.4 Å². The van der Waals surface area contributed by atoms with Crippen molar-refractivity contribution >= 4 is 50.7 Å². The molecule has 8 heteroatoms. The van der Waals surface area contributed by atoms with Gasteiger partial charge in [-0.15, -0.1) is 11.3 Å². The minimum atomic E-state index is -0.382. The number of para-hydroxylation sites is 1. The van der Waals surface area contributed by atoms with E-state index in [4.69, 9.17) is 33.1 Å². The lowest BCUT2D eigenvalue weighted by Gasteiger charge is -2.11. The molecule has 0 radical (unpaired) electrons. The molecule has 0 aliphatic carbocycles. The molecule has 1 aromatic heterocycles. The average molecular weight is 425 g/mol. The van der Waals surface area contributed by atoms with Gasteiger partial charge in [-0.1, -0.05) is 35.3 Å². The number of fused-ring (bicyclic) bond motifs is 1. The van der Waals surface area contributed by atoms with Crippen LogP contribution in [0.25, 0.3) is 20.8 Å². The summed E-state index contributed by atoms with van der Waals surface area (Å²) in [5, 5.41) is 10.2. The van der Waals surface area contributed by atoms with Crippen LogP contribution in [-0.2, 0) is 4.79 Å². The molecule has 0 fully saturated rings. The average Bonchev–Trinajstić information content (AvgIpc) is 3.10. The SMILES string of the molecule is O=C(CCCCCOc1c(Cl)cc(-c2nc3ccccc3s2)cc1Cl)NO. The van der Waals surface area contributed by atoms with Gasteiger partial charge in [0.2, 0.25) is 5.91 Å². The molecule has 3 rings (SSSR count). The van der Waals surface area contributed by atoms with Crippen LogP contribution in [-0.4, -0.2) is 22.7 Å². The van der Waals surface area contributed by atoms with Crippen LogP contribution in [0.15, 0.2) is 36.4 Å². The van der Waals surface area contributed by atoms with Crippen LogP contribution in [0.4, 0.5) is 0 Å². The fourth-order valence-corrected chi connectivity index (χ4v) is 4.16. The predicted octanol–water partition coefficient (Wildman–Crippen LogP) is 5.71. The van der Waals surface area contributed by atoms with Crippen molar-refractivity contribution in [2.75, 3.05) is 6.61 Å². The fraction of sp³-hybridized carbons (Fsp3) is 0.263. The smallest absolute Gasteiger partial charge is 0.243 e. The van der Waals surface area contributed by atoms with Gasteiger partial charge in [-0.25, -0.2) is 10.5 Å². The Hall–Kier alpha value is -1.86. The molecule has 5 nitrogen and oxygen atoms in total. The van der Waals surface area contributed by atoms with Gasteiger partial charge in [0, 0.05) is 12.0 Å². The first-order chi connectivity index (χ1) is 13.1. The normalized spacial score (nSPS) is 10.9. The fourth-order valence-electron chi connectivity index (χ4n) is 2.61. The van der Waals surface area contributed by atoms with Gasteiger partial charge >= 0.3 is 0 Å². The van der Waals surface area contributed by atoms with Crippen LogP contribution in [0.3, 0.4) is 0 Å². The number of amides is 1. The highest BCUT2D eigenvalue weighted by atomic mass is 35.5. The van der Waals surface area contributed by atoms with Crippen molar-refractivity contribution in [3.8, 4) is 16.3 Å². The van der Waals surface area contributed by atoms with Gasteiger partial charge in [-0.05, 0) is 43.5 Å². The first kappa shape index (κ1) is 19.9. The largest absolute Gasteiger partial charge is 0.490 e. The summed E-state index contributed by atoms with van der Waals surface area (Å²) in [6, 6.07) is 11.6. The quantitative estimate of drug-likeness (QED) is 0.275. The molecule has 0 saturated carbocycles. The number of thiazole rings is 1. The highest BCUT2D eigenvalue weighted by molar-refractivity contribution is 7.21. The van der Waals surface area contributed by atoms with E-state index in [0.717, 1.165) is 33.6 Å². The molecular weight excluding hydrogens is 407 g/mol. The van der Waals surface area contributed by atoms with Crippen molar-refractivity contribution in [2.45, 2.75) is 25.7 Å². The van der Waals surface area contributed by atoms with Gasteiger partial charge in [-0.2, -0.15) is 0 Å². The number of hydrogen-bond donors (Lipinski definition) is 2. The molecular formula is C19H18Cl2N2O3S. The summed E-state index contributed by atoms with van der Waals surface area (Å²) in [6.07, 6.45) is 2.51. The summed E-state index contributed by atoms with van der Waals surface area (Å²) < 4.78 is 6.83. The number of rotatable bonds is 8. The van der Waals surface area contributed by atoms with Gasteiger partial charge in [-0.3, -0.25) is 10.0 Å². The third-order valence-electron chi connectivity index (χ3n) is 3.96. The summed E-state index contributed by atoms with van der Waals surface area (Å²) >= 11 is 14.3. The lowest BCUT2D eigenvalue weighted by atomic mass is 10.2. The number of carbonyl (C=O) groups is 1. The van der Waals surface area contributed by atoms with Crippen LogP contribution in [0, 0.1) is 0 Å². The highest BCUT2D eigenvalue weighted by Crippen LogP contribution is 2.39. The number of unbranched alkanes of at least 4 members (excludes halogenated alkanes) is 2. The van der Waals surface area contributed by atoms with Crippen molar-refractivity contribution < 1.29 is 14.7 Å². The molecule has 142 valence electrons. The van der Waals surface area contributed by atoms with Crippen LogP contribution in [0.2, 0.25) is 10.0 Å². The number of benzene rings is 2. The molecule has 0 atom stereocenters. The summed E-state index contributed by atoms with van der Waals surface area (Å²) in [6.45, 7) is 0.445. The number of hydroxylamine groups is 1. The lowest BCUT2D eigenvalue weighted by molar-refractivity contribution is -0.129. The first-order valence-corrected chi connectivity index (χ1v) is 10.1. The zero-order valence-electron chi connectivity index (χ0n) is 14.4. The van der Waals surface area contributed by atoms with E-state index >= 15 is 0 Å². The summed E-state index contributed by atoms with van der Waals surface area (Å²) in [5.41, 5.74) is 3.41. The highest BCUT2D eigenvalue weighted by Gasteiger charge is 2.13. The van der Waals surface area contributed by atoms with Gasteiger partial charge in [0.25, 0.3) is 0 Å². The van der Waals surface area contributed by atoms with Crippen molar-refractivity contribution in [1.29, 1.82) is 0 Å². The van der Waals surface area contributed by atoms with Gasteiger partial charge < -0.3 is 4.74 Å². The van der Waals surface area contributed by atoms with Crippen LogP contribution < -0.4 is 10.2 Å². The van der Waals surface area contributed by atoms with E-state index in [2.05, 4.69) is 4.98 Å². The summed E-state index contributed by atoms with van der Waals surface area (Å²) in [7, 11) is 0. The van der Waals surface area contributed by atoms with Gasteiger partial charge in [0.15, 0.2) is 5.75 Å². The maximum Gasteiger partial charge on any atom is 0.243 e. The predicted molar refractivity (Wildman–Crippen MR) is 109 cm³/mol. The molecule has 0 bridgehead atoms. The number of nitrogens with zero attached hydrogens (tertiary/aromatic N) is 1. The molecule has 2 aromatic carbocycles. The number of hydrogen-bond acceptors (Lipinski definition) is 5. The second-order valence-corrected chi connectivity index (χ2v) is 7.79. The van der Waals surface area contributed by atoms with E-state index in [1.165, 1.54) is 0 Å². The Morgan fingerprint density at radius 1 is 1.15 bits per heavy atom. The third-order valence-corrected chi connectivity index (χ3v) is 5.61. The minimum absolute atomic E-state index is 0.287. The summed E-state index contributed by atoms with van der Waals surface area (Å²) in [4.78, 5) is 15.6. The van der Waals surface area contributed by atoms with Gasteiger partial charge in [0.05, 0.1) is 26.9 Å². The second kappa shape index (κ2) is 9.37. The second-order valence-electron chi connectivity index (χ2n) is 5.95. The molecule has 1 amide bonds. The Morgan fingerprint density at radius 3 is 2.59 bits per heavy atom. The van der Waals surface area contributed by atoms with E-state index in [1.54, 1.807) is 16.8 Å². The third kappa shape index (κ3) is 5.11. The maximum absolute atomic E-state index is 10.9. The van der Waals surface area contributed by atoms with Crippen LogP contribution in [0.1, 0.15) is 25.7 Å². The minimum Gasteiger partial charge on any atom is -0.490 e. The molecule has 0 aliphatic heterocycles. The van der Waals surface area contributed by atoms with Crippen molar-refractivity contribution in [3.63, 3.8) is 0 Å². The number of nitrogens with one attached hydrogen (secondary N) is 1. The Labute approximate surface area is 170 Å². The molecule has 0 spiro atoms. The molecule has 3 aromatic rings. The first-order valence-electron chi connectivity index (χ1n) is 8.49. The Kier molecular flexibility index (Phi) is 6.90. The Morgan fingerprint density at radius 2 is 1.89 bits per heavy atom. The molecule has 0 saturated heterocycles. The molecule has 0 aliphatic rings. The number of halogens is 2. The van der Waals surface area contributed by atoms with E-state index in [9.17, 15) is 4.79 Å². The molecule has 1 heterocycles. The molecule has 2 N–H and O–H groups in total. The topological polar surface area (TPSA) is 71.5 Å². The number of carbonyl (C=O) groups excluding carboxylic acids is 1. The van der Waals surface area contributed by atoms with Gasteiger partial charge in [0.1, 0.15) is 5.01 Å². The van der Waals surface area contributed by atoms with Crippen molar-refractivity contribution in [2.24, 2.45) is 0 Å². The lowest BCUT2D eigenvalue weighted by Crippen LogP contribution is -2.17. The molecule has 27 heavy (non-hydrogen) atoms. The number of aromatic nitrogens is 1. The maximum atomic E-state index is 10.9. The van der Waals surface area contributed by atoms with E-state index in [1.807, 2.05) is 36.4 Å². The van der Waals surface area contributed by atoms with E-state index in [-0.39, 0.29) is 12.3 Å². The van der Waals surface area contributed by atoms with Crippen LogP contribution in [0.5, 0.6) is 5.75 Å². The summed E-state index contributed by atoms with van der Waals surface area (Å²) in [5.74, 6) is 0.0729. The van der Waals surface area contributed by atoms with E-state index < -0.39 is 0 Å². The number of ether oxygens (including phenoxy) is 1. The zero-order valence-corrected chi connectivity index (χ0v) is 16.7. The zero-order chi connectivity index (χ0) is 19.2. The standard InChI is InChI=1S/C19H18Cl2N2O3S/c20-13-10-12(19-22-15-6-3-4-7-16(15)27-19)11-14(21)18(13)26-9-5-1-2-8-17(24)23-25/h3-4,6-7,10-11,25H,1-2,5,8-9H2,(H,23,24). The molecule has 0 unspecified atom stereocenters. The van der Waals surface area contributed by atoms with E-state index in [0.29, 0.717) is 28.8 Å². The van der Waals surface area contributed by atoms with Crippen molar-refractivity contribution in [1.82, 2.24) is 10.5 Å². The Balaban J connectivity index is 1.62.